The summed E-state index contributed by atoms with van der Waals surface area (Å²) in [6.07, 6.45) is 1.88. The molecule has 76 valence electrons. The predicted molar refractivity (Wildman–Crippen MR) is 47.6 cm³/mol. The molecule has 0 radical (unpaired) electrons. The Hall–Kier alpha value is -1.36. The van der Waals surface area contributed by atoms with Gasteiger partial charge in [0.25, 0.3) is 0 Å². The van der Waals surface area contributed by atoms with Crippen molar-refractivity contribution in [2.24, 2.45) is 13.0 Å². The molecular formula is C9H12N2O3. The molecule has 0 unspecified atom stereocenters. The second-order valence-electron chi connectivity index (χ2n) is 3.40. The first-order valence-corrected chi connectivity index (χ1v) is 4.52. The number of carbonyl (C=O) groups is 1. The summed E-state index contributed by atoms with van der Waals surface area (Å²) in [5.74, 6) is -1.24. The van der Waals surface area contributed by atoms with Gasteiger partial charge in [-0.3, -0.25) is 9.48 Å². The van der Waals surface area contributed by atoms with Gasteiger partial charge in [-0.05, 0) is 12.5 Å². The zero-order valence-electron chi connectivity index (χ0n) is 7.88. The summed E-state index contributed by atoms with van der Waals surface area (Å²) in [5, 5.41) is 13.0. The Morgan fingerprint density at radius 1 is 1.79 bits per heavy atom. The average Bonchev–Trinajstić information content (AvgIpc) is 2.70. The lowest BCUT2D eigenvalue weighted by Crippen LogP contribution is -2.19. The normalized spacial score (nSPS) is 26.6. The van der Waals surface area contributed by atoms with E-state index in [1.165, 1.54) is 0 Å². The molecule has 0 amide bonds. The average molecular weight is 196 g/mol. The van der Waals surface area contributed by atoms with Crippen LogP contribution in [0.3, 0.4) is 0 Å². The van der Waals surface area contributed by atoms with Gasteiger partial charge in [-0.25, -0.2) is 0 Å². The Bertz CT molecular complexity index is 348. The minimum atomic E-state index is -0.797. The lowest BCUT2D eigenvalue weighted by atomic mass is 9.99. The van der Waals surface area contributed by atoms with Gasteiger partial charge in [-0.2, -0.15) is 5.10 Å². The molecular weight excluding hydrogens is 184 g/mol. The standard InChI is InChI=1S/C9H12N2O3/c1-11-7(2-4-10-11)8-6(9(12)13)3-5-14-8/h2,4,6,8H,3,5H2,1H3,(H,12,13)/t6-,8-/m0/s1. The van der Waals surface area contributed by atoms with Crippen LogP contribution in [0.4, 0.5) is 0 Å². The first kappa shape index (κ1) is 9.21. The highest BCUT2D eigenvalue weighted by Crippen LogP contribution is 2.34. The van der Waals surface area contributed by atoms with Crippen LogP contribution in [0.5, 0.6) is 0 Å². The first-order chi connectivity index (χ1) is 6.70. The number of hydrogen-bond acceptors (Lipinski definition) is 3. The quantitative estimate of drug-likeness (QED) is 0.751. The maximum Gasteiger partial charge on any atom is 0.309 e. The van der Waals surface area contributed by atoms with Gasteiger partial charge in [0.15, 0.2) is 0 Å². The van der Waals surface area contributed by atoms with E-state index in [1.54, 1.807) is 24.0 Å². The van der Waals surface area contributed by atoms with E-state index < -0.39 is 11.9 Å². The summed E-state index contributed by atoms with van der Waals surface area (Å²) >= 11 is 0. The van der Waals surface area contributed by atoms with Gasteiger partial charge in [0.05, 0.1) is 11.6 Å². The lowest BCUT2D eigenvalue weighted by Gasteiger charge is -2.14. The monoisotopic (exact) mass is 196 g/mol. The SMILES string of the molecule is Cn1nccc1[C@H]1OCC[C@@H]1C(=O)O. The van der Waals surface area contributed by atoms with Crippen LogP contribution < -0.4 is 0 Å². The number of nitrogens with zero attached hydrogens (tertiary/aromatic N) is 2. The van der Waals surface area contributed by atoms with E-state index in [2.05, 4.69) is 5.10 Å². The predicted octanol–water partition coefficient (Wildman–Crippen LogP) is 0.582. The highest BCUT2D eigenvalue weighted by molar-refractivity contribution is 5.71. The van der Waals surface area contributed by atoms with Crippen LogP contribution in [0.15, 0.2) is 12.3 Å². The van der Waals surface area contributed by atoms with Gasteiger partial charge in [-0.1, -0.05) is 0 Å². The van der Waals surface area contributed by atoms with Crippen molar-refractivity contribution in [1.82, 2.24) is 9.78 Å². The number of aliphatic carboxylic acids is 1. The molecule has 1 aromatic rings. The molecule has 0 aliphatic carbocycles. The molecule has 14 heavy (non-hydrogen) atoms. The second-order valence-corrected chi connectivity index (χ2v) is 3.40. The molecule has 0 saturated carbocycles. The van der Waals surface area contributed by atoms with Gasteiger partial charge in [-0.15, -0.1) is 0 Å². The van der Waals surface area contributed by atoms with Crippen molar-refractivity contribution in [3.05, 3.63) is 18.0 Å². The van der Waals surface area contributed by atoms with Crippen LogP contribution in [0.2, 0.25) is 0 Å². The number of hydrogen-bond donors (Lipinski definition) is 1. The molecule has 1 saturated heterocycles. The highest BCUT2D eigenvalue weighted by Gasteiger charge is 2.36. The Labute approximate surface area is 81.3 Å². The van der Waals surface area contributed by atoms with Crippen molar-refractivity contribution in [3.8, 4) is 0 Å². The number of rotatable bonds is 2. The topological polar surface area (TPSA) is 64.4 Å². The minimum Gasteiger partial charge on any atom is -0.481 e. The molecule has 1 fully saturated rings. The Morgan fingerprint density at radius 3 is 3.14 bits per heavy atom. The zero-order chi connectivity index (χ0) is 10.1. The summed E-state index contributed by atoms with van der Waals surface area (Å²) in [5.41, 5.74) is 0.829. The first-order valence-electron chi connectivity index (χ1n) is 4.52. The number of aryl methyl sites for hydroxylation is 1. The van der Waals surface area contributed by atoms with Gasteiger partial charge in [0.1, 0.15) is 6.10 Å². The van der Waals surface area contributed by atoms with E-state index in [0.29, 0.717) is 13.0 Å². The van der Waals surface area contributed by atoms with E-state index in [9.17, 15) is 4.79 Å². The number of carboxylic acid groups (broad SMARTS) is 1. The maximum atomic E-state index is 10.9. The molecule has 0 bridgehead atoms. The third-order valence-electron chi connectivity index (χ3n) is 2.56. The molecule has 0 spiro atoms. The minimum absolute atomic E-state index is 0.347. The van der Waals surface area contributed by atoms with E-state index in [0.717, 1.165) is 5.69 Å². The summed E-state index contributed by atoms with van der Waals surface area (Å²) < 4.78 is 7.07. The van der Waals surface area contributed by atoms with Crippen LogP contribution in [-0.2, 0) is 16.6 Å². The molecule has 2 atom stereocenters. The molecule has 1 aliphatic heterocycles. The third kappa shape index (κ3) is 1.39. The van der Waals surface area contributed by atoms with Gasteiger partial charge < -0.3 is 9.84 Å². The number of aromatic nitrogens is 2. The summed E-state index contributed by atoms with van der Waals surface area (Å²) in [7, 11) is 1.79. The van der Waals surface area contributed by atoms with Crippen LogP contribution in [0.1, 0.15) is 18.2 Å². The highest BCUT2D eigenvalue weighted by atomic mass is 16.5. The molecule has 1 N–H and O–H groups in total. The van der Waals surface area contributed by atoms with E-state index in [1.807, 2.05) is 0 Å². The van der Waals surface area contributed by atoms with Crippen molar-refractivity contribution in [3.63, 3.8) is 0 Å². The largest absolute Gasteiger partial charge is 0.481 e. The smallest absolute Gasteiger partial charge is 0.309 e. The molecule has 1 aromatic heterocycles. The van der Waals surface area contributed by atoms with Crippen molar-refractivity contribution < 1.29 is 14.6 Å². The molecule has 2 heterocycles. The fourth-order valence-corrected chi connectivity index (χ4v) is 1.80. The van der Waals surface area contributed by atoms with Crippen LogP contribution in [-0.4, -0.2) is 27.5 Å². The molecule has 1 aliphatic rings. The van der Waals surface area contributed by atoms with Gasteiger partial charge >= 0.3 is 5.97 Å². The Kier molecular flexibility index (Phi) is 2.25. The van der Waals surface area contributed by atoms with Crippen molar-refractivity contribution in [2.45, 2.75) is 12.5 Å². The van der Waals surface area contributed by atoms with Gasteiger partial charge in [0.2, 0.25) is 0 Å². The van der Waals surface area contributed by atoms with Crippen LogP contribution in [0, 0.1) is 5.92 Å². The van der Waals surface area contributed by atoms with E-state index in [-0.39, 0.29) is 6.10 Å². The van der Waals surface area contributed by atoms with Crippen molar-refractivity contribution in [1.29, 1.82) is 0 Å². The van der Waals surface area contributed by atoms with Crippen LogP contribution >= 0.6 is 0 Å². The lowest BCUT2D eigenvalue weighted by molar-refractivity contribution is -0.143. The Balaban J connectivity index is 2.26. The third-order valence-corrected chi connectivity index (χ3v) is 2.56. The summed E-state index contributed by atoms with van der Waals surface area (Å²) in [4.78, 5) is 10.9. The Morgan fingerprint density at radius 2 is 2.57 bits per heavy atom. The second kappa shape index (κ2) is 3.42. The van der Waals surface area contributed by atoms with Gasteiger partial charge in [0, 0.05) is 19.9 Å². The van der Waals surface area contributed by atoms with Crippen molar-refractivity contribution in [2.75, 3.05) is 6.61 Å². The fourth-order valence-electron chi connectivity index (χ4n) is 1.80. The fraction of sp³-hybridized carbons (Fsp3) is 0.556. The van der Waals surface area contributed by atoms with E-state index >= 15 is 0 Å². The number of ether oxygens (including phenoxy) is 1. The van der Waals surface area contributed by atoms with Crippen LogP contribution in [0.25, 0.3) is 0 Å². The number of carboxylic acids is 1. The molecule has 5 heteroatoms. The van der Waals surface area contributed by atoms with E-state index in [4.69, 9.17) is 9.84 Å². The summed E-state index contributed by atoms with van der Waals surface area (Å²) in [6.45, 7) is 0.507. The molecule has 2 rings (SSSR count). The molecule has 5 nitrogen and oxygen atoms in total. The zero-order valence-corrected chi connectivity index (χ0v) is 7.88. The molecule has 0 aromatic carbocycles. The summed E-state index contributed by atoms with van der Waals surface area (Å²) in [6, 6.07) is 1.80. The maximum absolute atomic E-state index is 10.9. The van der Waals surface area contributed by atoms with Crippen molar-refractivity contribution >= 4 is 5.97 Å².